The number of rotatable bonds is 14. The fourth-order valence-electron chi connectivity index (χ4n) is 5.56. The maximum Gasteiger partial charge on any atom is 0.335 e. The van der Waals surface area contributed by atoms with Crippen molar-refractivity contribution in [2.24, 2.45) is 5.41 Å². The van der Waals surface area contributed by atoms with Gasteiger partial charge in [-0.1, -0.05) is 45.0 Å². The molecule has 46 heavy (non-hydrogen) atoms. The van der Waals surface area contributed by atoms with E-state index < -0.39 is 5.97 Å². The van der Waals surface area contributed by atoms with Gasteiger partial charge < -0.3 is 15.2 Å². The van der Waals surface area contributed by atoms with Crippen molar-refractivity contribution in [2.75, 3.05) is 4.72 Å². The van der Waals surface area contributed by atoms with Crippen LogP contribution < -0.4 is 14.8 Å². The average Bonchev–Trinajstić information content (AvgIpc) is 2.99. The first-order valence-electron chi connectivity index (χ1n) is 15.9. The Kier molecular flexibility index (Phi) is 10.9. The van der Waals surface area contributed by atoms with Crippen molar-refractivity contribution < 1.29 is 14.6 Å². The molecule has 1 aliphatic rings. The number of benzene rings is 2. The van der Waals surface area contributed by atoms with Crippen LogP contribution in [0.15, 0.2) is 65.8 Å². The quantitative estimate of drug-likeness (QED) is 0.118. The summed E-state index contributed by atoms with van der Waals surface area (Å²) in [4.78, 5) is 31.1. The molecule has 1 unspecified atom stereocenters. The Hall–Kier alpha value is -4.02. The van der Waals surface area contributed by atoms with Gasteiger partial charge in [0.25, 0.3) is 0 Å². The summed E-state index contributed by atoms with van der Waals surface area (Å²) in [6, 6.07) is 15.4. The van der Waals surface area contributed by atoms with Gasteiger partial charge in [0.1, 0.15) is 5.82 Å². The van der Waals surface area contributed by atoms with Gasteiger partial charge in [0.2, 0.25) is 5.95 Å². The molecule has 4 aromatic rings. The molecular formula is C36H44N6O3S. The zero-order valence-electron chi connectivity index (χ0n) is 27.3. The predicted octanol–water partition coefficient (Wildman–Crippen LogP) is 7.83. The molecule has 0 spiro atoms. The molecule has 0 radical (unpaired) electrons. The molecule has 3 N–H and O–H groups in total. The molecule has 2 aromatic heterocycles. The van der Waals surface area contributed by atoms with Crippen molar-refractivity contribution in [1.82, 2.24) is 25.3 Å². The number of carbonyl (C=O) groups is 1. The van der Waals surface area contributed by atoms with Crippen LogP contribution in [0.4, 0.5) is 5.95 Å². The summed E-state index contributed by atoms with van der Waals surface area (Å²) in [5, 5.41) is 13.1. The van der Waals surface area contributed by atoms with E-state index in [0.29, 0.717) is 18.6 Å². The van der Waals surface area contributed by atoms with Crippen molar-refractivity contribution in [3.63, 3.8) is 0 Å². The van der Waals surface area contributed by atoms with Crippen molar-refractivity contribution in [3.8, 4) is 17.0 Å². The van der Waals surface area contributed by atoms with Crippen LogP contribution in [-0.2, 0) is 13.0 Å². The highest BCUT2D eigenvalue weighted by Gasteiger charge is 2.21. The van der Waals surface area contributed by atoms with Crippen molar-refractivity contribution in [1.29, 1.82) is 0 Å². The molecule has 9 nitrogen and oxygen atoms in total. The van der Waals surface area contributed by atoms with Crippen molar-refractivity contribution >= 4 is 23.9 Å². The molecule has 1 saturated carbocycles. The Balaban J connectivity index is 1.32. The monoisotopic (exact) mass is 640 g/mol. The number of hydrogen-bond acceptors (Lipinski definition) is 9. The number of aromatic nitrogens is 4. The van der Waals surface area contributed by atoms with Crippen LogP contribution in [0, 0.1) is 19.3 Å². The lowest BCUT2D eigenvalue weighted by Crippen LogP contribution is -2.33. The fraction of sp³-hybridized carbons (Fsp3) is 0.417. The highest BCUT2D eigenvalue weighted by atomic mass is 32.2. The third kappa shape index (κ3) is 9.50. The van der Waals surface area contributed by atoms with Crippen LogP contribution in [-0.4, -0.2) is 43.2 Å². The lowest BCUT2D eigenvalue weighted by molar-refractivity contribution is 0.0696. The van der Waals surface area contributed by atoms with Gasteiger partial charge in [-0.2, -0.15) is 0 Å². The number of carboxylic acids is 1. The van der Waals surface area contributed by atoms with E-state index in [-0.39, 0.29) is 17.0 Å². The highest BCUT2D eigenvalue weighted by molar-refractivity contribution is 8.00. The lowest BCUT2D eigenvalue weighted by Gasteiger charge is -2.27. The zero-order valence-corrected chi connectivity index (χ0v) is 28.2. The number of anilines is 1. The summed E-state index contributed by atoms with van der Waals surface area (Å²) in [6.07, 6.45) is 9.89. The van der Waals surface area contributed by atoms with E-state index in [4.69, 9.17) is 14.7 Å². The molecule has 1 atom stereocenters. The zero-order chi connectivity index (χ0) is 32.7. The van der Waals surface area contributed by atoms with E-state index in [2.05, 4.69) is 78.9 Å². The van der Waals surface area contributed by atoms with Gasteiger partial charge in [0, 0.05) is 22.2 Å². The minimum Gasteiger partial charge on any atom is -0.487 e. The van der Waals surface area contributed by atoms with Crippen LogP contribution in [0.3, 0.4) is 0 Å². The Bertz CT molecular complexity index is 1620. The summed E-state index contributed by atoms with van der Waals surface area (Å²) < 4.78 is 9.19. The number of hydrogen-bond donors (Lipinski definition) is 3. The van der Waals surface area contributed by atoms with Crippen molar-refractivity contribution in [2.45, 2.75) is 96.7 Å². The van der Waals surface area contributed by atoms with Gasteiger partial charge in [0.15, 0.2) is 5.75 Å². The van der Waals surface area contributed by atoms with Crippen LogP contribution in [0.2, 0.25) is 0 Å². The standard InChI is InChI=1S/C36H44N6O3S/c1-23-9-6-10-24(2)33(23)31-18-26(40-35(41-31)42-46-30-14-7-11-25(17-30)34(43)44)15-16-27(19-36(3,4)5)37-22-32-38-20-29(21-39-32)45-28-12-8-13-28/h6-7,9-11,14,17-18,20-21,27-28,37H,8,12-13,15-16,19,22H2,1-5H3,(H,43,44)(H,40,41,42). The summed E-state index contributed by atoms with van der Waals surface area (Å²) in [5.74, 6) is 1.01. The number of carboxylic acid groups (broad SMARTS) is 1. The van der Waals surface area contributed by atoms with E-state index in [1.165, 1.54) is 18.4 Å². The maximum absolute atomic E-state index is 11.5. The second-order valence-electron chi connectivity index (χ2n) is 13.3. The summed E-state index contributed by atoms with van der Waals surface area (Å²) in [5.41, 5.74) is 5.55. The maximum atomic E-state index is 11.5. The molecule has 5 rings (SSSR count). The Morgan fingerprint density at radius 2 is 1.76 bits per heavy atom. The van der Waals surface area contributed by atoms with E-state index >= 15 is 0 Å². The molecule has 0 saturated heterocycles. The lowest BCUT2D eigenvalue weighted by atomic mass is 9.86. The molecule has 2 aromatic carbocycles. The molecule has 0 aliphatic heterocycles. The Morgan fingerprint density at radius 3 is 2.41 bits per heavy atom. The number of aromatic carboxylic acids is 1. The van der Waals surface area contributed by atoms with Gasteiger partial charge in [-0.15, -0.1) is 0 Å². The normalized spacial score (nSPS) is 14.0. The van der Waals surface area contributed by atoms with E-state index in [1.807, 2.05) is 6.07 Å². The van der Waals surface area contributed by atoms with Crippen molar-refractivity contribution in [3.05, 3.63) is 89.1 Å². The number of ether oxygens (including phenoxy) is 1. The molecule has 242 valence electrons. The smallest absolute Gasteiger partial charge is 0.335 e. The number of aryl methyl sites for hydroxylation is 3. The minimum atomic E-state index is -0.960. The third-order valence-corrected chi connectivity index (χ3v) is 8.83. The van der Waals surface area contributed by atoms with Gasteiger partial charge in [-0.05, 0) is 105 Å². The van der Waals surface area contributed by atoms with Crippen LogP contribution >= 0.6 is 11.9 Å². The molecular weight excluding hydrogens is 597 g/mol. The second-order valence-corrected chi connectivity index (χ2v) is 14.1. The first-order chi connectivity index (χ1) is 22.0. The molecule has 10 heteroatoms. The highest BCUT2D eigenvalue weighted by Crippen LogP contribution is 2.30. The largest absolute Gasteiger partial charge is 0.487 e. The van der Waals surface area contributed by atoms with Crippen LogP contribution in [0.25, 0.3) is 11.3 Å². The first kappa shape index (κ1) is 33.3. The summed E-state index contributed by atoms with van der Waals surface area (Å²) in [6.45, 7) is 11.5. The SMILES string of the molecule is Cc1cccc(C)c1-c1cc(CCC(CC(C)(C)C)NCc2ncc(OC3CCC3)cn2)nc(NSc2cccc(C(=O)O)c2)n1. The minimum absolute atomic E-state index is 0.127. The first-order valence-corrected chi connectivity index (χ1v) is 16.8. The van der Waals surface area contributed by atoms with Gasteiger partial charge in [-0.3, -0.25) is 4.72 Å². The Labute approximate surface area is 276 Å². The average molecular weight is 641 g/mol. The summed E-state index contributed by atoms with van der Waals surface area (Å²) >= 11 is 1.30. The molecule has 0 bridgehead atoms. The number of nitrogens with zero attached hydrogens (tertiary/aromatic N) is 4. The van der Waals surface area contributed by atoms with E-state index in [1.54, 1.807) is 30.6 Å². The van der Waals surface area contributed by atoms with Crippen LogP contribution in [0.1, 0.15) is 85.9 Å². The van der Waals surface area contributed by atoms with Gasteiger partial charge in [0.05, 0.1) is 36.3 Å². The fourth-order valence-corrected chi connectivity index (χ4v) is 6.20. The van der Waals surface area contributed by atoms with Gasteiger partial charge in [-0.25, -0.2) is 24.7 Å². The predicted molar refractivity (Wildman–Crippen MR) is 183 cm³/mol. The molecule has 1 aliphatic carbocycles. The Morgan fingerprint density at radius 1 is 1.04 bits per heavy atom. The summed E-state index contributed by atoms with van der Waals surface area (Å²) in [7, 11) is 0. The van der Waals surface area contributed by atoms with E-state index in [0.717, 1.165) is 76.7 Å². The second kappa shape index (κ2) is 15.0. The molecule has 2 heterocycles. The third-order valence-electron chi connectivity index (χ3n) is 8.05. The van der Waals surface area contributed by atoms with E-state index in [9.17, 15) is 9.90 Å². The molecule has 1 fully saturated rings. The molecule has 0 amide bonds. The number of nitrogens with one attached hydrogen (secondary N) is 2. The van der Waals surface area contributed by atoms with Gasteiger partial charge >= 0.3 is 5.97 Å². The topological polar surface area (TPSA) is 122 Å². The van der Waals surface area contributed by atoms with Crippen LogP contribution in [0.5, 0.6) is 5.75 Å².